The van der Waals surface area contributed by atoms with Crippen molar-refractivity contribution in [1.82, 2.24) is 19.9 Å². The van der Waals surface area contributed by atoms with E-state index in [0.29, 0.717) is 21.0 Å². The van der Waals surface area contributed by atoms with Crippen LogP contribution in [-0.4, -0.2) is 27.7 Å². The number of halogens is 3. The standard InChI is InChI=1S/C15H14BrFN4O.ClH/c16-14-9(17)1-2-10-13(14)15-19-12(22)7-11(21(15)20-10)8-3-5-18-6-4-8;/h1-2,7-8,18H,3-6H2,(H,19,22);1H. The third kappa shape index (κ3) is 2.66. The van der Waals surface area contributed by atoms with Gasteiger partial charge in [0.25, 0.3) is 5.56 Å². The first kappa shape index (κ1) is 16.4. The second kappa shape index (κ2) is 6.22. The van der Waals surface area contributed by atoms with Crippen molar-refractivity contribution in [2.24, 2.45) is 0 Å². The van der Waals surface area contributed by atoms with E-state index in [-0.39, 0.29) is 29.7 Å². The average molecular weight is 402 g/mol. The number of H-pyrrole nitrogens is 1. The Morgan fingerprint density at radius 3 is 2.78 bits per heavy atom. The quantitative estimate of drug-likeness (QED) is 0.659. The molecule has 0 spiro atoms. The Labute approximate surface area is 145 Å². The maximum absolute atomic E-state index is 13.8. The van der Waals surface area contributed by atoms with Crippen LogP contribution in [0.4, 0.5) is 4.39 Å². The van der Waals surface area contributed by atoms with Gasteiger partial charge in [0.2, 0.25) is 0 Å². The minimum atomic E-state index is -0.365. The van der Waals surface area contributed by atoms with E-state index in [0.717, 1.165) is 31.6 Å². The monoisotopic (exact) mass is 400 g/mol. The van der Waals surface area contributed by atoms with Crippen molar-refractivity contribution in [2.45, 2.75) is 18.8 Å². The fraction of sp³-hybridized carbons (Fsp3) is 0.333. The van der Waals surface area contributed by atoms with Crippen LogP contribution in [0.15, 0.2) is 27.5 Å². The number of piperidine rings is 1. The molecule has 2 N–H and O–H groups in total. The first-order valence-electron chi connectivity index (χ1n) is 7.25. The number of rotatable bonds is 1. The predicted molar refractivity (Wildman–Crippen MR) is 93.1 cm³/mol. The highest BCUT2D eigenvalue weighted by Gasteiger charge is 2.21. The largest absolute Gasteiger partial charge is 0.317 e. The normalized spacial score (nSPS) is 15.9. The topological polar surface area (TPSA) is 62.2 Å². The molecule has 0 atom stereocenters. The lowest BCUT2D eigenvalue weighted by atomic mass is 9.94. The Morgan fingerprint density at radius 2 is 2.04 bits per heavy atom. The van der Waals surface area contributed by atoms with Gasteiger partial charge in [0.05, 0.1) is 21.1 Å². The minimum Gasteiger partial charge on any atom is -0.317 e. The molecule has 1 aromatic carbocycles. The van der Waals surface area contributed by atoms with Crippen molar-refractivity contribution in [3.05, 3.63) is 44.5 Å². The Hall–Kier alpha value is -1.44. The zero-order valence-corrected chi connectivity index (χ0v) is 14.5. The molecule has 8 heteroatoms. The fourth-order valence-electron chi connectivity index (χ4n) is 3.17. The second-order valence-corrected chi connectivity index (χ2v) is 6.39. The van der Waals surface area contributed by atoms with Gasteiger partial charge in [-0.25, -0.2) is 8.91 Å². The van der Waals surface area contributed by atoms with Crippen LogP contribution < -0.4 is 10.9 Å². The highest BCUT2D eigenvalue weighted by molar-refractivity contribution is 9.10. The van der Waals surface area contributed by atoms with Crippen LogP contribution in [0.2, 0.25) is 0 Å². The van der Waals surface area contributed by atoms with E-state index < -0.39 is 0 Å². The molecule has 1 saturated heterocycles. The molecule has 3 aromatic rings. The van der Waals surface area contributed by atoms with E-state index in [1.807, 2.05) is 0 Å². The van der Waals surface area contributed by atoms with Gasteiger partial charge >= 0.3 is 0 Å². The molecule has 5 nitrogen and oxygen atoms in total. The van der Waals surface area contributed by atoms with Gasteiger partial charge in [-0.15, -0.1) is 12.4 Å². The van der Waals surface area contributed by atoms with Crippen LogP contribution in [0, 0.1) is 5.82 Å². The lowest BCUT2D eigenvalue weighted by Gasteiger charge is -2.23. The van der Waals surface area contributed by atoms with E-state index in [4.69, 9.17) is 0 Å². The summed E-state index contributed by atoms with van der Waals surface area (Å²) in [7, 11) is 0. The van der Waals surface area contributed by atoms with Gasteiger partial charge in [0.15, 0.2) is 0 Å². The van der Waals surface area contributed by atoms with Gasteiger partial charge in [-0.2, -0.15) is 5.10 Å². The lowest BCUT2D eigenvalue weighted by molar-refractivity contribution is 0.446. The molecule has 0 aliphatic carbocycles. The van der Waals surface area contributed by atoms with Crippen molar-refractivity contribution in [3.8, 4) is 0 Å². The number of aromatic nitrogens is 3. The van der Waals surface area contributed by atoms with E-state index in [2.05, 4.69) is 31.3 Å². The maximum Gasteiger partial charge on any atom is 0.251 e. The number of benzene rings is 1. The van der Waals surface area contributed by atoms with E-state index in [1.54, 1.807) is 16.6 Å². The first-order valence-corrected chi connectivity index (χ1v) is 8.05. The van der Waals surface area contributed by atoms with Gasteiger partial charge in [-0.3, -0.25) is 4.79 Å². The van der Waals surface area contributed by atoms with E-state index in [1.165, 1.54) is 6.07 Å². The van der Waals surface area contributed by atoms with Gasteiger partial charge < -0.3 is 10.3 Å². The summed E-state index contributed by atoms with van der Waals surface area (Å²) in [5.41, 5.74) is 1.91. The molecule has 0 amide bonds. The Bertz CT molecular complexity index is 933. The summed E-state index contributed by atoms with van der Waals surface area (Å²) in [4.78, 5) is 14.9. The molecule has 1 aliphatic heterocycles. The molecule has 3 heterocycles. The fourth-order valence-corrected chi connectivity index (χ4v) is 3.69. The molecule has 122 valence electrons. The predicted octanol–water partition coefficient (Wildman–Crippen LogP) is 2.97. The van der Waals surface area contributed by atoms with Crippen LogP contribution in [0.5, 0.6) is 0 Å². The Morgan fingerprint density at radius 1 is 1.30 bits per heavy atom. The van der Waals surface area contributed by atoms with Crippen molar-refractivity contribution in [3.63, 3.8) is 0 Å². The van der Waals surface area contributed by atoms with Crippen molar-refractivity contribution < 1.29 is 4.39 Å². The molecular weight excluding hydrogens is 387 g/mol. The van der Waals surface area contributed by atoms with Crippen molar-refractivity contribution >= 4 is 44.9 Å². The molecule has 4 rings (SSSR count). The molecular formula is C15H15BrClFN4O. The van der Waals surface area contributed by atoms with Crippen LogP contribution in [0.25, 0.3) is 16.6 Å². The van der Waals surface area contributed by atoms with Crippen LogP contribution in [0.1, 0.15) is 24.5 Å². The molecule has 0 radical (unpaired) electrons. The number of hydrogen-bond donors (Lipinski definition) is 2. The zero-order valence-electron chi connectivity index (χ0n) is 12.1. The molecule has 23 heavy (non-hydrogen) atoms. The second-order valence-electron chi connectivity index (χ2n) is 5.60. The summed E-state index contributed by atoms with van der Waals surface area (Å²) in [5, 5.41) is 8.48. The summed E-state index contributed by atoms with van der Waals surface area (Å²) in [6, 6.07) is 4.62. The van der Waals surface area contributed by atoms with Crippen LogP contribution in [-0.2, 0) is 0 Å². The maximum atomic E-state index is 13.8. The average Bonchev–Trinajstić information content (AvgIpc) is 2.90. The summed E-state index contributed by atoms with van der Waals surface area (Å²) in [5.74, 6) is -0.0838. The molecule has 2 aromatic heterocycles. The van der Waals surface area contributed by atoms with E-state index in [9.17, 15) is 9.18 Å². The summed E-state index contributed by atoms with van der Waals surface area (Å²) >= 11 is 3.27. The molecule has 1 fully saturated rings. The number of fused-ring (bicyclic) bond motifs is 3. The Balaban J connectivity index is 0.00000156. The number of nitrogens with zero attached hydrogens (tertiary/aromatic N) is 2. The van der Waals surface area contributed by atoms with Gasteiger partial charge in [0.1, 0.15) is 11.5 Å². The first-order chi connectivity index (χ1) is 10.6. The summed E-state index contributed by atoms with van der Waals surface area (Å²) < 4.78 is 15.9. The number of hydrogen-bond acceptors (Lipinski definition) is 3. The van der Waals surface area contributed by atoms with Gasteiger partial charge in [-0.1, -0.05) is 0 Å². The van der Waals surface area contributed by atoms with Crippen LogP contribution in [0.3, 0.4) is 0 Å². The molecule has 0 saturated carbocycles. The zero-order chi connectivity index (χ0) is 15.3. The van der Waals surface area contributed by atoms with Gasteiger partial charge in [0, 0.05) is 12.0 Å². The highest BCUT2D eigenvalue weighted by Crippen LogP contribution is 2.31. The van der Waals surface area contributed by atoms with Crippen LogP contribution >= 0.6 is 28.3 Å². The van der Waals surface area contributed by atoms with Crippen molar-refractivity contribution in [1.29, 1.82) is 0 Å². The summed E-state index contributed by atoms with van der Waals surface area (Å²) in [6.07, 6.45) is 1.93. The minimum absolute atomic E-state index is 0. The molecule has 0 bridgehead atoms. The summed E-state index contributed by atoms with van der Waals surface area (Å²) in [6.45, 7) is 1.86. The Kier molecular flexibility index (Phi) is 4.44. The molecule has 0 unspecified atom stereocenters. The van der Waals surface area contributed by atoms with E-state index >= 15 is 0 Å². The molecule has 1 aliphatic rings. The SMILES string of the molecule is Cl.O=c1cc(C2CCNCC2)n2nc3ccc(F)c(Br)c3c2[nH]1. The highest BCUT2D eigenvalue weighted by atomic mass is 79.9. The van der Waals surface area contributed by atoms with Crippen molar-refractivity contribution in [2.75, 3.05) is 13.1 Å². The number of aromatic amines is 1. The third-order valence-corrected chi connectivity index (χ3v) is 5.03. The lowest BCUT2D eigenvalue weighted by Crippen LogP contribution is -2.28. The smallest absolute Gasteiger partial charge is 0.251 e. The number of nitrogens with one attached hydrogen (secondary N) is 2. The van der Waals surface area contributed by atoms with Gasteiger partial charge in [-0.05, 0) is 54.0 Å². The third-order valence-electron chi connectivity index (χ3n) is 4.25.